The fourth-order valence-corrected chi connectivity index (χ4v) is 2.75. The van der Waals surface area contributed by atoms with Gasteiger partial charge in [0.05, 0.1) is 5.60 Å². The first-order valence-electron chi connectivity index (χ1n) is 7.11. The molecule has 0 radical (unpaired) electrons. The second-order valence-corrected chi connectivity index (χ2v) is 5.81. The Morgan fingerprint density at radius 1 is 1.55 bits per heavy atom. The summed E-state index contributed by atoms with van der Waals surface area (Å²) in [6.45, 7) is 4.31. The molecule has 2 rings (SSSR count). The highest BCUT2D eigenvalue weighted by atomic mass is 16.3. The summed E-state index contributed by atoms with van der Waals surface area (Å²) in [4.78, 5) is 17.4. The minimum absolute atomic E-state index is 0.246. The highest BCUT2D eigenvalue weighted by Crippen LogP contribution is 2.26. The number of aromatic nitrogens is 1. The molecular formula is C15H23N3O2. The lowest BCUT2D eigenvalue weighted by Crippen LogP contribution is -2.48. The van der Waals surface area contributed by atoms with Gasteiger partial charge in [0.2, 0.25) is 5.91 Å². The van der Waals surface area contributed by atoms with Crippen LogP contribution in [0.1, 0.15) is 36.9 Å². The van der Waals surface area contributed by atoms with Crippen molar-refractivity contribution in [2.75, 3.05) is 13.1 Å². The summed E-state index contributed by atoms with van der Waals surface area (Å²) in [5.41, 5.74) is 6.54. The normalized spacial score (nSPS) is 23.7. The fraction of sp³-hybridized carbons (Fsp3) is 0.600. The highest BCUT2D eigenvalue weighted by Gasteiger charge is 2.33. The molecule has 1 saturated heterocycles. The van der Waals surface area contributed by atoms with E-state index in [0.29, 0.717) is 13.0 Å². The van der Waals surface area contributed by atoms with Crippen molar-refractivity contribution < 1.29 is 9.90 Å². The molecule has 0 saturated carbocycles. The van der Waals surface area contributed by atoms with Crippen molar-refractivity contribution in [1.29, 1.82) is 0 Å². The zero-order valence-corrected chi connectivity index (χ0v) is 12.0. The van der Waals surface area contributed by atoms with Gasteiger partial charge in [0, 0.05) is 31.4 Å². The van der Waals surface area contributed by atoms with Gasteiger partial charge in [-0.3, -0.25) is 14.7 Å². The van der Waals surface area contributed by atoms with Gasteiger partial charge >= 0.3 is 0 Å². The summed E-state index contributed by atoms with van der Waals surface area (Å²) in [7, 11) is 0. The maximum Gasteiger partial charge on any atom is 0.217 e. The molecule has 0 aliphatic carbocycles. The van der Waals surface area contributed by atoms with E-state index in [-0.39, 0.29) is 12.3 Å². The number of amides is 1. The lowest BCUT2D eigenvalue weighted by Gasteiger charge is -2.39. The summed E-state index contributed by atoms with van der Waals surface area (Å²) < 4.78 is 0. The van der Waals surface area contributed by atoms with E-state index in [1.807, 2.05) is 19.2 Å². The summed E-state index contributed by atoms with van der Waals surface area (Å²) >= 11 is 0. The Hall–Kier alpha value is -1.46. The molecule has 3 N–H and O–H groups in total. The van der Waals surface area contributed by atoms with Crippen LogP contribution in [-0.2, 0) is 11.3 Å². The third-order valence-electron chi connectivity index (χ3n) is 3.85. The van der Waals surface area contributed by atoms with Crippen LogP contribution in [0.15, 0.2) is 18.3 Å². The molecule has 1 aromatic heterocycles. The van der Waals surface area contributed by atoms with Gasteiger partial charge < -0.3 is 10.8 Å². The predicted molar refractivity (Wildman–Crippen MR) is 76.9 cm³/mol. The monoisotopic (exact) mass is 277 g/mol. The van der Waals surface area contributed by atoms with Gasteiger partial charge in [0.25, 0.3) is 0 Å². The van der Waals surface area contributed by atoms with Crippen molar-refractivity contribution in [2.45, 2.75) is 44.8 Å². The maximum atomic E-state index is 10.9. The van der Waals surface area contributed by atoms with Crippen LogP contribution in [-0.4, -0.2) is 39.6 Å². The van der Waals surface area contributed by atoms with Gasteiger partial charge in [0.15, 0.2) is 0 Å². The van der Waals surface area contributed by atoms with E-state index in [1.54, 1.807) is 0 Å². The van der Waals surface area contributed by atoms with E-state index in [4.69, 9.17) is 5.73 Å². The molecule has 5 nitrogen and oxygen atoms in total. The number of aliphatic hydroxyl groups is 1. The van der Waals surface area contributed by atoms with Gasteiger partial charge in [-0.25, -0.2) is 0 Å². The Kier molecular flexibility index (Phi) is 4.73. The molecule has 20 heavy (non-hydrogen) atoms. The molecule has 0 aromatic carbocycles. The number of likely N-dealkylation sites (tertiary alicyclic amines) is 1. The van der Waals surface area contributed by atoms with Gasteiger partial charge in [-0.05, 0) is 44.4 Å². The Bertz CT molecular complexity index is 461. The minimum Gasteiger partial charge on any atom is -0.389 e. The third-order valence-corrected chi connectivity index (χ3v) is 3.85. The van der Waals surface area contributed by atoms with Gasteiger partial charge in [-0.2, -0.15) is 0 Å². The van der Waals surface area contributed by atoms with Crippen molar-refractivity contribution in [3.63, 3.8) is 0 Å². The van der Waals surface area contributed by atoms with Crippen molar-refractivity contribution >= 4 is 5.91 Å². The topological polar surface area (TPSA) is 79.5 Å². The van der Waals surface area contributed by atoms with Gasteiger partial charge in [-0.15, -0.1) is 0 Å². The lowest BCUT2D eigenvalue weighted by molar-refractivity contribution is -0.120. The first-order chi connectivity index (χ1) is 9.47. The molecular weight excluding hydrogens is 254 g/mol. The number of β-amino-alcohol motifs (C(OH)–C–C–N with tert-alkyl or cyclic N) is 1. The number of nitrogens with zero attached hydrogens (tertiary/aromatic N) is 2. The van der Waals surface area contributed by atoms with Crippen LogP contribution in [0.2, 0.25) is 0 Å². The van der Waals surface area contributed by atoms with Crippen LogP contribution in [0.5, 0.6) is 0 Å². The van der Waals surface area contributed by atoms with Gasteiger partial charge in [-0.1, -0.05) is 6.07 Å². The molecule has 1 aliphatic rings. The van der Waals surface area contributed by atoms with Crippen LogP contribution in [0.3, 0.4) is 0 Å². The molecule has 1 aliphatic heterocycles. The van der Waals surface area contributed by atoms with Crippen molar-refractivity contribution in [1.82, 2.24) is 9.88 Å². The summed E-state index contributed by atoms with van der Waals surface area (Å²) in [6.07, 6.45) is 4.26. The Balaban J connectivity index is 1.92. The molecule has 5 heteroatoms. The average molecular weight is 277 g/mol. The molecule has 0 bridgehead atoms. The van der Waals surface area contributed by atoms with Crippen LogP contribution < -0.4 is 5.73 Å². The van der Waals surface area contributed by atoms with Crippen LogP contribution >= 0.6 is 0 Å². The second kappa shape index (κ2) is 6.33. The van der Waals surface area contributed by atoms with E-state index in [1.165, 1.54) is 0 Å². The Morgan fingerprint density at radius 2 is 2.35 bits per heavy atom. The van der Waals surface area contributed by atoms with Crippen LogP contribution in [0, 0.1) is 6.92 Å². The SMILES string of the molecule is Cc1ccc(CN2CCC[C@@](O)(CCC(N)=O)C2)cn1. The number of aryl methyl sites for hydroxylation is 1. The first kappa shape index (κ1) is 14.9. The average Bonchev–Trinajstić information content (AvgIpc) is 2.40. The Labute approximate surface area is 119 Å². The highest BCUT2D eigenvalue weighted by molar-refractivity contribution is 5.73. The largest absolute Gasteiger partial charge is 0.389 e. The predicted octanol–water partition coefficient (Wildman–Crippen LogP) is 0.982. The Morgan fingerprint density at radius 3 is 3.00 bits per heavy atom. The number of carbonyl (C=O) groups excluding carboxylic acids is 1. The summed E-state index contributed by atoms with van der Waals surface area (Å²) in [5, 5.41) is 10.5. The summed E-state index contributed by atoms with van der Waals surface area (Å²) in [5.74, 6) is -0.349. The molecule has 1 fully saturated rings. The minimum atomic E-state index is -0.786. The molecule has 0 spiro atoms. The van der Waals surface area contributed by atoms with Crippen LogP contribution in [0.4, 0.5) is 0 Å². The van der Waals surface area contributed by atoms with Crippen molar-refractivity contribution in [3.8, 4) is 0 Å². The first-order valence-corrected chi connectivity index (χ1v) is 7.11. The van der Waals surface area contributed by atoms with E-state index < -0.39 is 5.60 Å². The van der Waals surface area contributed by atoms with E-state index >= 15 is 0 Å². The molecule has 110 valence electrons. The standard InChI is InChI=1S/C15H23N3O2/c1-12-3-4-13(9-17-12)10-18-8-2-6-15(20,11-18)7-5-14(16)19/h3-4,9,20H,2,5-8,10-11H2,1H3,(H2,16,19)/t15-/m1/s1. The van der Waals surface area contributed by atoms with Crippen molar-refractivity contribution in [3.05, 3.63) is 29.6 Å². The van der Waals surface area contributed by atoms with E-state index in [2.05, 4.69) is 16.0 Å². The number of carbonyl (C=O) groups is 1. The number of nitrogens with two attached hydrogens (primary N) is 1. The third kappa shape index (κ3) is 4.28. The number of hydrogen-bond donors (Lipinski definition) is 2. The second-order valence-electron chi connectivity index (χ2n) is 5.81. The smallest absolute Gasteiger partial charge is 0.217 e. The maximum absolute atomic E-state index is 10.9. The van der Waals surface area contributed by atoms with E-state index in [9.17, 15) is 9.90 Å². The quantitative estimate of drug-likeness (QED) is 0.841. The molecule has 0 unspecified atom stereocenters. The molecule has 1 atom stereocenters. The van der Waals surface area contributed by atoms with Gasteiger partial charge in [0.1, 0.15) is 0 Å². The summed E-state index contributed by atoms with van der Waals surface area (Å²) in [6, 6.07) is 4.07. The van der Waals surface area contributed by atoms with Crippen LogP contribution in [0.25, 0.3) is 0 Å². The number of pyridine rings is 1. The fourth-order valence-electron chi connectivity index (χ4n) is 2.75. The lowest BCUT2D eigenvalue weighted by atomic mass is 9.88. The number of primary amides is 1. The zero-order valence-electron chi connectivity index (χ0n) is 12.0. The van der Waals surface area contributed by atoms with E-state index in [0.717, 1.165) is 37.2 Å². The number of hydrogen-bond acceptors (Lipinski definition) is 4. The molecule has 2 heterocycles. The number of rotatable bonds is 5. The number of piperidine rings is 1. The molecule has 1 amide bonds. The van der Waals surface area contributed by atoms with Crippen molar-refractivity contribution in [2.24, 2.45) is 5.73 Å². The zero-order chi connectivity index (χ0) is 14.6. The molecule has 1 aromatic rings.